The van der Waals surface area contributed by atoms with Crippen molar-refractivity contribution in [2.75, 3.05) is 18.1 Å². The van der Waals surface area contributed by atoms with Crippen LogP contribution in [0.5, 0.6) is 0 Å². The number of H-pyrrole nitrogens is 1. The molecule has 244 valence electrons. The highest BCUT2D eigenvalue weighted by molar-refractivity contribution is 6.01. The van der Waals surface area contributed by atoms with Gasteiger partial charge in [-0.2, -0.15) is 0 Å². The van der Waals surface area contributed by atoms with Crippen molar-refractivity contribution >= 4 is 28.9 Å². The van der Waals surface area contributed by atoms with E-state index in [1.807, 2.05) is 55.5 Å². The lowest BCUT2D eigenvalue weighted by atomic mass is 9.96. The minimum Gasteiger partial charge on any atom is -0.397 e. The van der Waals surface area contributed by atoms with Crippen molar-refractivity contribution in [2.45, 2.75) is 70.1 Å². The second kappa shape index (κ2) is 14.6. The van der Waals surface area contributed by atoms with Gasteiger partial charge in [0.05, 0.1) is 29.7 Å². The number of aliphatic hydroxyl groups is 1. The fourth-order valence-electron chi connectivity index (χ4n) is 5.86. The molecule has 0 radical (unpaired) electrons. The molecule has 5 rings (SSSR count). The molecule has 1 aromatic heterocycles. The molecule has 1 fully saturated rings. The number of ether oxygens (including phenoxy) is 2. The molecule has 0 aliphatic carbocycles. The number of amides is 2. The summed E-state index contributed by atoms with van der Waals surface area (Å²) in [4.78, 5) is 53.9. The Bertz CT molecular complexity index is 1720. The average molecular weight is 633 g/mol. The highest BCUT2D eigenvalue weighted by Gasteiger charge is 2.45. The molecule has 0 saturated carbocycles. The van der Waals surface area contributed by atoms with Crippen LogP contribution in [0.1, 0.15) is 61.9 Å². The number of aromatic nitrogens is 2. The Labute approximate surface area is 265 Å². The molecule has 7 N–H and O–H groups in total. The number of rotatable bonds is 11. The van der Waals surface area contributed by atoms with Gasteiger partial charge in [-0.05, 0) is 24.5 Å². The van der Waals surface area contributed by atoms with Crippen LogP contribution in [0.25, 0.3) is 11.4 Å². The van der Waals surface area contributed by atoms with E-state index in [9.17, 15) is 24.3 Å². The number of anilines is 1. The van der Waals surface area contributed by atoms with Gasteiger partial charge in [0.25, 0.3) is 5.56 Å². The van der Waals surface area contributed by atoms with Gasteiger partial charge in [0.2, 0.25) is 11.8 Å². The molecule has 2 amide bonds. The van der Waals surface area contributed by atoms with Gasteiger partial charge in [0.15, 0.2) is 6.23 Å². The largest absolute Gasteiger partial charge is 0.397 e. The summed E-state index contributed by atoms with van der Waals surface area (Å²) in [5, 5.41) is 13.7. The molecular weight excluding hydrogens is 592 g/mol. The highest BCUT2D eigenvalue weighted by atomic mass is 16.6. The molecule has 3 aromatic rings. The molecule has 0 bridgehead atoms. The van der Waals surface area contributed by atoms with E-state index < -0.39 is 35.8 Å². The molecular formula is C33H40N6O7. The number of nitrogens with two attached hydrogens (primary N) is 2. The van der Waals surface area contributed by atoms with Crippen LogP contribution < -0.4 is 32.9 Å². The SMILES string of the molecule is CCC[C@H]1O[C@@H](n2ccc(=O)[nH]c2=O)C(OCCCNC(=O)CCC(=O)N2Cc3ccccc3/C(N)=C(/N)c3ccccc32)C1O. The molecule has 0 spiro atoms. The van der Waals surface area contributed by atoms with Crippen molar-refractivity contribution in [3.8, 4) is 0 Å². The fourth-order valence-corrected chi connectivity index (χ4v) is 5.86. The van der Waals surface area contributed by atoms with Crippen LogP contribution in [-0.2, 0) is 25.6 Å². The summed E-state index contributed by atoms with van der Waals surface area (Å²) in [6.07, 6.45) is -0.254. The molecule has 13 nitrogen and oxygen atoms in total. The number of benzene rings is 2. The van der Waals surface area contributed by atoms with Crippen LogP contribution in [0, 0.1) is 0 Å². The molecule has 46 heavy (non-hydrogen) atoms. The Morgan fingerprint density at radius 1 is 1.04 bits per heavy atom. The van der Waals surface area contributed by atoms with Gasteiger partial charge >= 0.3 is 5.69 Å². The van der Waals surface area contributed by atoms with Crippen LogP contribution in [0.4, 0.5) is 5.69 Å². The van der Waals surface area contributed by atoms with Crippen molar-refractivity contribution in [3.05, 3.63) is 98.3 Å². The maximum Gasteiger partial charge on any atom is 0.330 e. The quantitative estimate of drug-likeness (QED) is 0.195. The second-order valence-corrected chi connectivity index (χ2v) is 11.4. The minimum atomic E-state index is -0.980. The van der Waals surface area contributed by atoms with Crippen molar-refractivity contribution in [3.63, 3.8) is 0 Å². The number of nitrogens with one attached hydrogen (secondary N) is 2. The fraction of sp³-hybridized carbons (Fsp3) is 0.394. The third-order valence-electron chi connectivity index (χ3n) is 8.24. The Balaban J connectivity index is 1.15. The molecule has 2 aliphatic rings. The second-order valence-electron chi connectivity index (χ2n) is 11.4. The summed E-state index contributed by atoms with van der Waals surface area (Å²) >= 11 is 0. The zero-order valence-corrected chi connectivity index (χ0v) is 25.7. The summed E-state index contributed by atoms with van der Waals surface area (Å²) in [5.74, 6) is -0.517. The molecule has 3 heterocycles. The topological polar surface area (TPSA) is 195 Å². The number of aromatic amines is 1. The van der Waals surface area contributed by atoms with Crippen molar-refractivity contribution in [1.29, 1.82) is 0 Å². The van der Waals surface area contributed by atoms with E-state index in [1.165, 1.54) is 16.8 Å². The summed E-state index contributed by atoms with van der Waals surface area (Å²) < 4.78 is 13.1. The van der Waals surface area contributed by atoms with Gasteiger partial charge in [0.1, 0.15) is 12.2 Å². The number of fused-ring (bicyclic) bond motifs is 2. The third kappa shape index (κ3) is 7.06. The van der Waals surface area contributed by atoms with E-state index in [4.69, 9.17) is 20.9 Å². The molecule has 1 saturated heterocycles. The van der Waals surface area contributed by atoms with Crippen molar-refractivity contribution in [1.82, 2.24) is 14.9 Å². The van der Waals surface area contributed by atoms with E-state index in [2.05, 4.69) is 10.3 Å². The predicted molar refractivity (Wildman–Crippen MR) is 172 cm³/mol. The van der Waals surface area contributed by atoms with Gasteiger partial charge in [-0.3, -0.25) is 23.9 Å². The Hall–Kier alpha value is -4.72. The number of aliphatic hydroxyl groups excluding tert-OH is 1. The third-order valence-corrected chi connectivity index (χ3v) is 8.24. The van der Waals surface area contributed by atoms with Crippen LogP contribution in [0.2, 0.25) is 0 Å². The lowest BCUT2D eigenvalue weighted by Crippen LogP contribution is -2.39. The molecule has 2 aromatic carbocycles. The first-order valence-corrected chi connectivity index (χ1v) is 15.5. The van der Waals surface area contributed by atoms with Gasteiger partial charge in [0, 0.05) is 49.4 Å². The lowest BCUT2D eigenvalue weighted by molar-refractivity contribution is -0.125. The number of hydrogen-bond donors (Lipinski definition) is 5. The summed E-state index contributed by atoms with van der Waals surface area (Å²) in [6.45, 7) is 2.68. The Kier molecular flexibility index (Phi) is 10.4. The van der Waals surface area contributed by atoms with E-state index in [0.29, 0.717) is 35.5 Å². The van der Waals surface area contributed by atoms with Crippen LogP contribution in [0.3, 0.4) is 0 Å². The van der Waals surface area contributed by atoms with Crippen LogP contribution >= 0.6 is 0 Å². The molecule has 2 aliphatic heterocycles. The lowest BCUT2D eigenvalue weighted by Gasteiger charge is -2.29. The van der Waals surface area contributed by atoms with E-state index >= 15 is 0 Å². The Morgan fingerprint density at radius 3 is 2.52 bits per heavy atom. The number of para-hydroxylation sites is 1. The smallest absolute Gasteiger partial charge is 0.330 e. The first kappa shape index (κ1) is 32.7. The number of carbonyl (C=O) groups is 2. The Morgan fingerprint density at radius 2 is 1.76 bits per heavy atom. The standard InChI is InChI=1S/C33H40N6O7/c1-2-8-24-30(43)31(32(46-24)38-17-15-26(41)37-33(38)44)45-18-7-16-36-25(40)13-14-27(42)39-19-20-9-3-4-10-21(20)28(34)29(35)22-11-5-6-12-23(22)39/h3-6,9-12,15,17,24,30-32,43H,2,7-8,13-14,16,18-19,34-35H2,1H3,(H,36,40)(H,37,41,44)/b29-28-/t24-,30?,31?,32-/m1/s1. The minimum absolute atomic E-state index is 0.0153. The van der Waals surface area contributed by atoms with Gasteiger partial charge in [-0.15, -0.1) is 0 Å². The zero-order chi connectivity index (χ0) is 32.8. The molecule has 13 heteroatoms. The monoisotopic (exact) mass is 632 g/mol. The summed E-state index contributed by atoms with van der Waals surface area (Å²) in [5.41, 5.74) is 15.4. The highest BCUT2D eigenvalue weighted by Crippen LogP contribution is 2.35. The summed E-state index contributed by atoms with van der Waals surface area (Å²) in [7, 11) is 0. The van der Waals surface area contributed by atoms with E-state index in [0.717, 1.165) is 17.5 Å². The van der Waals surface area contributed by atoms with E-state index in [1.54, 1.807) is 4.90 Å². The predicted octanol–water partition coefficient (Wildman–Crippen LogP) is 1.56. The van der Waals surface area contributed by atoms with Crippen molar-refractivity contribution in [2.24, 2.45) is 11.5 Å². The first-order chi connectivity index (χ1) is 22.2. The van der Waals surface area contributed by atoms with E-state index in [-0.39, 0.29) is 44.4 Å². The van der Waals surface area contributed by atoms with Crippen LogP contribution in [0.15, 0.2) is 70.4 Å². The van der Waals surface area contributed by atoms with Gasteiger partial charge in [-0.25, -0.2) is 4.79 Å². The van der Waals surface area contributed by atoms with Crippen LogP contribution in [-0.4, -0.2) is 57.9 Å². The molecule has 4 atom stereocenters. The number of hydrogen-bond acceptors (Lipinski definition) is 9. The molecule has 2 unspecified atom stereocenters. The van der Waals surface area contributed by atoms with Gasteiger partial charge in [-0.1, -0.05) is 55.8 Å². The zero-order valence-electron chi connectivity index (χ0n) is 25.7. The number of carbonyl (C=O) groups excluding carboxylic acids is 2. The van der Waals surface area contributed by atoms with Gasteiger partial charge < -0.3 is 36.3 Å². The summed E-state index contributed by atoms with van der Waals surface area (Å²) in [6, 6.07) is 16.0. The van der Waals surface area contributed by atoms with Crippen molar-refractivity contribution < 1.29 is 24.2 Å². The average Bonchev–Trinajstić information content (AvgIpc) is 3.35. The maximum atomic E-state index is 13.5. The number of nitrogens with zero attached hydrogens (tertiary/aromatic N) is 2. The maximum absolute atomic E-state index is 13.5. The normalized spacial score (nSPS) is 22.4. The first-order valence-electron chi connectivity index (χ1n) is 15.5.